The van der Waals surface area contributed by atoms with E-state index in [1.807, 2.05) is 6.92 Å². The van der Waals surface area contributed by atoms with E-state index >= 15 is 0 Å². The van der Waals surface area contributed by atoms with E-state index in [0.717, 1.165) is 6.42 Å². The molecule has 0 aliphatic carbocycles. The summed E-state index contributed by atoms with van der Waals surface area (Å²) in [5.41, 5.74) is 11.9. The van der Waals surface area contributed by atoms with E-state index in [4.69, 9.17) is 21.6 Å². The Morgan fingerprint density at radius 3 is 2.25 bits per heavy atom. The van der Waals surface area contributed by atoms with Crippen LogP contribution in [0.25, 0.3) is 0 Å². The van der Waals surface area contributed by atoms with Crippen LogP contribution in [0.2, 0.25) is 0 Å². The fourth-order valence-corrected chi connectivity index (χ4v) is 4.52. The van der Waals surface area contributed by atoms with Gasteiger partial charge in [0.25, 0.3) is 0 Å². The summed E-state index contributed by atoms with van der Waals surface area (Å²) < 4.78 is 5.09. The van der Waals surface area contributed by atoms with Gasteiger partial charge in [0.2, 0.25) is 17.7 Å². The maximum Gasteiger partial charge on any atom is 0.507 e. The summed E-state index contributed by atoms with van der Waals surface area (Å²) in [6, 6.07) is 5.85. The number of fused-ring (bicyclic) bond motifs is 1. The average Bonchev–Trinajstić information content (AvgIpc) is 3.17. The van der Waals surface area contributed by atoms with Gasteiger partial charge in [0.15, 0.2) is 6.23 Å². The Hall–Kier alpha value is -3.47. The minimum absolute atomic E-state index is 0.00886. The number of ether oxygens (including phenoxy) is 1. The van der Waals surface area contributed by atoms with Crippen LogP contribution in [0.15, 0.2) is 24.3 Å². The molecule has 2 aliphatic rings. The molecule has 4 unspecified atom stereocenters. The van der Waals surface area contributed by atoms with Crippen LogP contribution in [0, 0.1) is 17.2 Å². The number of carboxylic acid groups (broad SMARTS) is 1. The van der Waals surface area contributed by atoms with Crippen LogP contribution in [0.5, 0.6) is 0 Å². The van der Waals surface area contributed by atoms with Crippen molar-refractivity contribution in [1.29, 1.82) is 5.41 Å². The van der Waals surface area contributed by atoms with Gasteiger partial charge >= 0.3 is 6.16 Å². The van der Waals surface area contributed by atoms with Gasteiger partial charge in [0, 0.05) is 25.1 Å². The Morgan fingerprint density at radius 1 is 1.09 bits per heavy atom. The summed E-state index contributed by atoms with van der Waals surface area (Å²) in [5.74, 6) is -3.51. The highest BCUT2D eigenvalue weighted by Gasteiger charge is 2.63. The Morgan fingerprint density at radius 2 is 1.72 bits per heavy atom. The normalized spacial score (nSPS) is 25.1. The number of imide groups is 1. The van der Waals surface area contributed by atoms with Crippen molar-refractivity contribution in [2.24, 2.45) is 23.3 Å². The van der Waals surface area contributed by atoms with Crippen LogP contribution in [0.1, 0.15) is 43.4 Å². The van der Waals surface area contributed by atoms with Gasteiger partial charge in [-0.05, 0) is 12.0 Å². The molecule has 6 N–H and O–H groups in total. The second kappa shape index (κ2) is 9.35. The van der Waals surface area contributed by atoms with E-state index in [1.54, 1.807) is 29.2 Å². The quantitative estimate of drug-likeness (QED) is 0.185. The summed E-state index contributed by atoms with van der Waals surface area (Å²) in [7, 11) is 0. The highest BCUT2D eigenvalue weighted by atomic mass is 16.7. The van der Waals surface area contributed by atoms with Crippen molar-refractivity contribution >= 4 is 29.7 Å². The van der Waals surface area contributed by atoms with Gasteiger partial charge in [0.05, 0.1) is 12.0 Å². The van der Waals surface area contributed by atoms with Crippen molar-refractivity contribution in [3.05, 3.63) is 35.4 Å². The zero-order valence-electron chi connectivity index (χ0n) is 17.7. The number of carbonyl (C=O) groups is 4. The first kappa shape index (κ1) is 23.2. The third kappa shape index (κ3) is 4.28. The smallest absolute Gasteiger partial charge is 0.450 e. The first-order chi connectivity index (χ1) is 15.2. The Bertz CT molecular complexity index is 933. The van der Waals surface area contributed by atoms with Gasteiger partial charge in [0.1, 0.15) is 11.8 Å². The van der Waals surface area contributed by atoms with Gasteiger partial charge < -0.3 is 21.3 Å². The molecule has 2 heterocycles. The molecule has 1 aromatic rings. The molecule has 11 nitrogen and oxygen atoms in total. The van der Waals surface area contributed by atoms with E-state index in [-0.39, 0.29) is 25.3 Å². The first-order valence-electron chi connectivity index (χ1n) is 10.4. The highest BCUT2D eigenvalue weighted by molar-refractivity contribution is 6.06. The van der Waals surface area contributed by atoms with E-state index < -0.39 is 48.0 Å². The molecule has 0 radical (unpaired) electrons. The number of amidine groups is 1. The number of carbonyl (C=O) groups excluding carboxylic acids is 3. The number of nitrogens with zero attached hydrogens (tertiary/aromatic N) is 2. The van der Waals surface area contributed by atoms with Crippen LogP contribution < -0.4 is 11.5 Å². The molecule has 0 aromatic heterocycles. The average molecular weight is 445 g/mol. The van der Waals surface area contributed by atoms with Gasteiger partial charge in [-0.3, -0.25) is 29.6 Å². The van der Waals surface area contributed by atoms with Gasteiger partial charge in [-0.1, -0.05) is 37.6 Å². The second-order valence-corrected chi connectivity index (χ2v) is 7.94. The third-order valence-corrected chi connectivity index (χ3v) is 5.96. The van der Waals surface area contributed by atoms with Crippen LogP contribution in [0.4, 0.5) is 4.79 Å². The van der Waals surface area contributed by atoms with Crippen molar-refractivity contribution < 1.29 is 29.0 Å². The standard InChI is InChI=1S/C21H27N5O6/c1-2-3-9-26-18(28)14-15(19(26)29)20(32-21(30)31)25(10-8-13(22)27)16(14)11-4-6-12(7-5-11)17(23)24/h4-7,14-16,20H,2-3,8-10H2,1H3,(H2,22,27)(H3,23,24)(H,30,31). The molecule has 172 valence electrons. The van der Waals surface area contributed by atoms with Crippen molar-refractivity contribution in [3.63, 3.8) is 0 Å². The minimum atomic E-state index is -1.59. The Kier molecular flexibility index (Phi) is 6.78. The number of benzene rings is 1. The molecule has 3 amide bonds. The number of nitrogens with one attached hydrogen (secondary N) is 1. The number of nitrogen functional groups attached to an aromatic ring is 1. The summed E-state index contributed by atoms with van der Waals surface area (Å²) in [6.07, 6.45) is -1.52. The first-order valence-corrected chi connectivity index (χ1v) is 10.4. The van der Waals surface area contributed by atoms with Gasteiger partial charge in [-0.25, -0.2) is 4.79 Å². The van der Waals surface area contributed by atoms with Crippen molar-refractivity contribution in [3.8, 4) is 0 Å². The number of rotatable bonds is 9. The molecule has 4 atom stereocenters. The molecule has 3 rings (SSSR count). The van der Waals surface area contributed by atoms with Crippen LogP contribution >= 0.6 is 0 Å². The molecule has 2 aliphatic heterocycles. The second-order valence-electron chi connectivity index (χ2n) is 7.94. The van der Waals surface area contributed by atoms with Crippen molar-refractivity contribution in [2.45, 2.75) is 38.5 Å². The predicted octanol–water partition coefficient (Wildman–Crippen LogP) is 0.625. The van der Waals surface area contributed by atoms with Gasteiger partial charge in [-0.15, -0.1) is 0 Å². The molecule has 2 fully saturated rings. The lowest BCUT2D eigenvalue weighted by Crippen LogP contribution is -2.45. The number of unbranched alkanes of at least 4 members (excludes halogenated alkanes) is 1. The number of amides is 3. The summed E-state index contributed by atoms with van der Waals surface area (Å²) in [5, 5.41) is 16.9. The minimum Gasteiger partial charge on any atom is -0.450 e. The Balaban J connectivity index is 2.07. The fraction of sp³-hybridized carbons (Fsp3) is 0.476. The van der Waals surface area contributed by atoms with E-state index in [2.05, 4.69) is 0 Å². The number of hydrogen-bond acceptors (Lipinski definition) is 7. The lowest BCUT2D eigenvalue weighted by Gasteiger charge is -2.32. The number of primary amides is 1. The van der Waals surface area contributed by atoms with Crippen molar-refractivity contribution in [2.75, 3.05) is 13.1 Å². The molecule has 2 saturated heterocycles. The van der Waals surface area contributed by atoms with E-state index in [0.29, 0.717) is 17.5 Å². The molecular weight excluding hydrogens is 418 g/mol. The largest absolute Gasteiger partial charge is 0.507 e. The highest BCUT2D eigenvalue weighted by Crippen LogP contribution is 2.50. The fourth-order valence-electron chi connectivity index (χ4n) is 4.52. The topological polar surface area (TPSA) is 180 Å². The van der Waals surface area contributed by atoms with Crippen LogP contribution in [0.3, 0.4) is 0 Å². The van der Waals surface area contributed by atoms with Crippen LogP contribution in [-0.4, -0.2) is 63.9 Å². The zero-order chi connectivity index (χ0) is 23.6. The molecule has 1 aromatic carbocycles. The lowest BCUT2D eigenvalue weighted by atomic mass is 9.88. The number of hydrogen-bond donors (Lipinski definition) is 4. The van der Waals surface area contributed by atoms with E-state index in [1.165, 1.54) is 4.90 Å². The maximum atomic E-state index is 13.3. The third-order valence-electron chi connectivity index (χ3n) is 5.96. The van der Waals surface area contributed by atoms with Gasteiger partial charge in [-0.2, -0.15) is 0 Å². The van der Waals surface area contributed by atoms with Crippen LogP contribution in [-0.2, 0) is 19.1 Å². The molecule has 11 heteroatoms. The number of nitrogens with two attached hydrogens (primary N) is 2. The zero-order valence-corrected chi connectivity index (χ0v) is 17.7. The molecule has 32 heavy (non-hydrogen) atoms. The number of likely N-dealkylation sites (tertiary alicyclic amines) is 2. The summed E-state index contributed by atoms with van der Waals surface area (Å²) in [4.78, 5) is 52.1. The Labute approximate surface area is 184 Å². The SMILES string of the molecule is CCCCN1C(=O)C2C(C1=O)C(c1ccc(C(=N)N)cc1)N(CCC(N)=O)C2OC(=O)O. The summed E-state index contributed by atoms with van der Waals surface area (Å²) >= 11 is 0. The molecule has 0 saturated carbocycles. The lowest BCUT2D eigenvalue weighted by molar-refractivity contribution is -0.144. The van der Waals surface area contributed by atoms with E-state index in [9.17, 15) is 24.3 Å². The monoisotopic (exact) mass is 445 g/mol. The molecule has 0 bridgehead atoms. The predicted molar refractivity (Wildman–Crippen MR) is 112 cm³/mol. The summed E-state index contributed by atoms with van der Waals surface area (Å²) in [6.45, 7) is 2.19. The maximum absolute atomic E-state index is 13.3. The molecular formula is C21H27N5O6. The van der Waals surface area contributed by atoms with Crippen molar-refractivity contribution in [1.82, 2.24) is 9.80 Å². The molecule has 0 spiro atoms.